The van der Waals surface area contributed by atoms with E-state index in [0.717, 1.165) is 36.4 Å². The molecule has 1 unspecified atom stereocenters. The van der Waals surface area contributed by atoms with Gasteiger partial charge >= 0.3 is 0 Å². The van der Waals surface area contributed by atoms with Crippen molar-refractivity contribution in [2.45, 2.75) is 6.92 Å². The zero-order valence-corrected chi connectivity index (χ0v) is 11.0. The summed E-state index contributed by atoms with van der Waals surface area (Å²) in [5, 5.41) is 4.04. The van der Waals surface area contributed by atoms with Crippen molar-refractivity contribution >= 4 is 23.0 Å². The summed E-state index contributed by atoms with van der Waals surface area (Å²) in [6.07, 6.45) is 0. The molecule has 1 heterocycles. The van der Waals surface area contributed by atoms with E-state index in [4.69, 9.17) is 17.0 Å². The van der Waals surface area contributed by atoms with Crippen LogP contribution in [-0.2, 0) is 0 Å². The van der Waals surface area contributed by atoms with Gasteiger partial charge in [0, 0.05) is 6.07 Å². The normalized spacial score (nSPS) is 20.0. The number of ether oxygens (including phenoxy) is 1. The first-order valence-corrected chi connectivity index (χ1v) is 6.18. The van der Waals surface area contributed by atoms with Crippen molar-refractivity contribution in [3.8, 4) is 5.75 Å². The van der Waals surface area contributed by atoms with Gasteiger partial charge in [-0.15, -0.1) is 0 Å². The Bertz CT molecular complexity index is 410. The number of methoxy groups -OCH3 is 1. The molecule has 1 atom stereocenters. The van der Waals surface area contributed by atoms with Gasteiger partial charge in [-0.1, -0.05) is 6.07 Å². The van der Waals surface area contributed by atoms with E-state index in [9.17, 15) is 0 Å². The summed E-state index contributed by atoms with van der Waals surface area (Å²) in [7, 11) is 1.68. The number of hydrogen-bond acceptors (Lipinski definition) is 2. The zero-order valence-electron chi connectivity index (χ0n) is 10.2. The molecule has 1 aromatic rings. The predicted octanol–water partition coefficient (Wildman–Crippen LogP) is 0.210. The Morgan fingerprint density at radius 2 is 2.35 bits per heavy atom. The van der Waals surface area contributed by atoms with E-state index in [0.29, 0.717) is 0 Å². The molecule has 17 heavy (non-hydrogen) atoms. The largest absolute Gasteiger partial charge is 0.497 e. The number of hydrogen-bond donors (Lipinski definition) is 2. The molecule has 0 aliphatic carbocycles. The first-order valence-electron chi connectivity index (χ1n) is 5.77. The molecule has 2 N–H and O–H groups in total. The van der Waals surface area contributed by atoms with Crippen molar-refractivity contribution < 1.29 is 9.64 Å². The van der Waals surface area contributed by atoms with Crippen molar-refractivity contribution in [2.75, 3.05) is 31.9 Å². The van der Waals surface area contributed by atoms with Gasteiger partial charge in [0.1, 0.15) is 5.75 Å². The Hall–Kier alpha value is -1.33. The average Bonchev–Trinajstić information content (AvgIpc) is 2.39. The standard InChI is InChI=1S/C12H17N3OS/c1-3-14-8-13-12(17)15(9-14)10-5-4-6-11(7-10)16-2/h4-7H,3,8-9H2,1-2H3,(H,13,17)/p+1. The first-order chi connectivity index (χ1) is 8.24. The molecular formula is C12H18N3OS+. The van der Waals surface area contributed by atoms with Gasteiger partial charge in [0.15, 0.2) is 18.4 Å². The van der Waals surface area contributed by atoms with Gasteiger partial charge in [-0.25, -0.2) is 0 Å². The molecule has 0 bridgehead atoms. The van der Waals surface area contributed by atoms with Crippen LogP contribution < -0.4 is 19.9 Å². The topological polar surface area (TPSA) is 28.9 Å². The molecule has 0 spiro atoms. The van der Waals surface area contributed by atoms with E-state index in [-0.39, 0.29) is 0 Å². The van der Waals surface area contributed by atoms with E-state index >= 15 is 0 Å². The summed E-state index contributed by atoms with van der Waals surface area (Å²) in [4.78, 5) is 3.57. The van der Waals surface area contributed by atoms with Gasteiger partial charge in [0.05, 0.1) is 19.3 Å². The average molecular weight is 252 g/mol. The molecule has 92 valence electrons. The molecule has 1 fully saturated rings. The van der Waals surface area contributed by atoms with Gasteiger partial charge in [-0.05, 0) is 31.3 Å². The molecule has 0 amide bonds. The Kier molecular flexibility index (Phi) is 3.81. The number of benzene rings is 1. The maximum atomic E-state index is 5.35. The number of nitrogens with zero attached hydrogens (tertiary/aromatic N) is 1. The number of quaternary nitrogens is 1. The lowest BCUT2D eigenvalue weighted by atomic mass is 10.3. The minimum Gasteiger partial charge on any atom is -0.497 e. The van der Waals surface area contributed by atoms with Crippen LogP contribution in [-0.4, -0.2) is 32.1 Å². The summed E-state index contributed by atoms with van der Waals surface area (Å²) in [5.41, 5.74) is 1.08. The second-order valence-electron chi connectivity index (χ2n) is 4.05. The van der Waals surface area contributed by atoms with Crippen molar-refractivity contribution in [1.82, 2.24) is 5.32 Å². The van der Waals surface area contributed by atoms with E-state index < -0.39 is 0 Å². The van der Waals surface area contributed by atoms with Crippen LogP contribution in [0.4, 0.5) is 5.69 Å². The number of anilines is 1. The van der Waals surface area contributed by atoms with Gasteiger partial charge in [-0.3, -0.25) is 4.90 Å². The third-order valence-electron chi connectivity index (χ3n) is 2.98. The molecule has 0 aromatic heterocycles. The lowest BCUT2D eigenvalue weighted by Gasteiger charge is -2.34. The van der Waals surface area contributed by atoms with Crippen LogP contribution in [0.25, 0.3) is 0 Å². The highest BCUT2D eigenvalue weighted by molar-refractivity contribution is 7.80. The molecule has 0 saturated carbocycles. The van der Waals surface area contributed by atoms with E-state index in [1.54, 1.807) is 7.11 Å². The van der Waals surface area contributed by atoms with Crippen LogP contribution in [0.5, 0.6) is 5.75 Å². The zero-order chi connectivity index (χ0) is 12.3. The molecular weight excluding hydrogens is 234 g/mol. The Morgan fingerprint density at radius 1 is 1.53 bits per heavy atom. The number of rotatable bonds is 3. The Balaban J connectivity index is 2.21. The molecule has 0 radical (unpaired) electrons. The minimum absolute atomic E-state index is 0.787. The predicted molar refractivity (Wildman–Crippen MR) is 72.4 cm³/mol. The van der Waals surface area contributed by atoms with Crippen molar-refractivity contribution in [3.63, 3.8) is 0 Å². The SMILES string of the molecule is CC[NH+]1CNC(=S)N(c2cccc(OC)c2)C1. The lowest BCUT2D eigenvalue weighted by Crippen LogP contribution is -3.17. The maximum absolute atomic E-state index is 5.35. The van der Waals surface area contributed by atoms with E-state index in [2.05, 4.69) is 23.2 Å². The summed E-state index contributed by atoms with van der Waals surface area (Å²) in [5.74, 6) is 0.855. The molecule has 1 saturated heterocycles. The fourth-order valence-electron chi connectivity index (χ4n) is 1.87. The van der Waals surface area contributed by atoms with E-state index in [1.165, 1.54) is 4.90 Å². The molecule has 1 aliphatic heterocycles. The van der Waals surface area contributed by atoms with Gasteiger partial charge in [0.25, 0.3) is 0 Å². The first kappa shape index (κ1) is 12.1. The van der Waals surface area contributed by atoms with Crippen LogP contribution in [0.1, 0.15) is 6.92 Å². The summed E-state index contributed by atoms with van der Waals surface area (Å²) >= 11 is 5.35. The summed E-state index contributed by atoms with van der Waals surface area (Å²) in [6, 6.07) is 7.98. The molecule has 1 aliphatic rings. The van der Waals surface area contributed by atoms with Crippen molar-refractivity contribution in [2.24, 2.45) is 0 Å². The lowest BCUT2D eigenvalue weighted by molar-refractivity contribution is -0.901. The highest BCUT2D eigenvalue weighted by atomic mass is 32.1. The smallest absolute Gasteiger partial charge is 0.182 e. The molecule has 1 aromatic carbocycles. The van der Waals surface area contributed by atoms with Crippen LogP contribution in [0.15, 0.2) is 24.3 Å². The Morgan fingerprint density at radius 3 is 3.06 bits per heavy atom. The fraction of sp³-hybridized carbons (Fsp3) is 0.417. The van der Waals surface area contributed by atoms with Gasteiger partial charge in [0.2, 0.25) is 0 Å². The second kappa shape index (κ2) is 5.33. The summed E-state index contributed by atoms with van der Waals surface area (Å²) in [6.45, 7) is 5.05. The minimum atomic E-state index is 0.787. The molecule has 5 heteroatoms. The maximum Gasteiger partial charge on any atom is 0.182 e. The van der Waals surface area contributed by atoms with Gasteiger partial charge < -0.3 is 15.0 Å². The fourth-order valence-corrected chi connectivity index (χ4v) is 2.11. The third-order valence-corrected chi connectivity index (χ3v) is 3.35. The second-order valence-corrected chi connectivity index (χ2v) is 4.44. The highest BCUT2D eigenvalue weighted by Gasteiger charge is 2.23. The third kappa shape index (κ3) is 2.68. The number of thiocarbonyl (C=S) groups is 1. The highest BCUT2D eigenvalue weighted by Crippen LogP contribution is 2.20. The quantitative estimate of drug-likeness (QED) is 0.753. The van der Waals surface area contributed by atoms with Crippen LogP contribution in [0.3, 0.4) is 0 Å². The van der Waals surface area contributed by atoms with Crippen LogP contribution in [0, 0.1) is 0 Å². The monoisotopic (exact) mass is 252 g/mol. The van der Waals surface area contributed by atoms with Crippen molar-refractivity contribution in [3.05, 3.63) is 24.3 Å². The van der Waals surface area contributed by atoms with E-state index in [1.807, 2.05) is 18.2 Å². The Labute approximate surface area is 107 Å². The number of nitrogens with one attached hydrogen (secondary N) is 2. The van der Waals surface area contributed by atoms with Crippen molar-refractivity contribution in [1.29, 1.82) is 0 Å². The molecule has 4 nitrogen and oxygen atoms in total. The van der Waals surface area contributed by atoms with Crippen LogP contribution in [0.2, 0.25) is 0 Å². The molecule has 2 rings (SSSR count). The van der Waals surface area contributed by atoms with Crippen LogP contribution >= 0.6 is 12.2 Å². The summed E-state index contributed by atoms with van der Waals surface area (Å²) < 4.78 is 5.24. The van der Waals surface area contributed by atoms with Gasteiger partial charge in [-0.2, -0.15) is 0 Å².